The molecule has 29 heavy (non-hydrogen) atoms. The van der Waals surface area contributed by atoms with E-state index in [2.05, 4.69) is 41.9 Å². The van der Waals surface area contributed by atoms with Crippen LogP contribution in [0.3, 0.4) is 0 Å². The fourth-order valence-electron chi connectivity index (χ4n) is 3.17. The second-order valence-corrected chi connectivity index (χ2v) is 7.50. The molecule has 0 fully saturated rings. The van der Waals surface area contributed by atoms with E-state index in [0.29, 0.717) is 5.82 Å². The van der Waals surface area contributed by atoms with Crippen molar-refractivity contribution < 1.29 is 4.79 Å². The van der Waals surface area contributed by atoms with Gasteiger partial charge in [0, 0.05) is 17.1 Å². The van der Waals surface area contributed by atoms with Crippen molar-refractivity contribution in [1.82, 2.24) is 30.0 Å². The summed E-state index contributed by atoms with van der Waals surface area (Å²) in [6, 6.07) is 15.5. The SMILES string of the molecule is Cc1nn(C)c(NC(=O)Cc2ccc(-n3cnnn3)cc2)c1-c1ccc(Br)cc1. The van der Waals surface area contributed by atoms with Crippen LogP contribution in [0.1, 0.15) is 11.3 Å². The van der Waals surface area contributed by atoms with Gasteiger partial charge in [0.25, 0.3) is 0 Å². The summed E-state index contributed by atoms with van der Waals surface area (Å²) in [5, 5.41) is 18.6. The number of aryl methyl sites for hydroxylation is 2. The van der Waals surface area contributed by atoms with Gasteiger partial charge in [0.05, 0.1) is 17.8 Å². The van der Waals surface area contributed by atoms with Crippen LogP contribution in [0, 0.1) is 6.92 Å². The largest absolute Gasteiger partial charge is 0.310 e. The summed E-state index contributed by atoms with van der Waals surface area (Å²) in [4.78, 5) is 12.7. The number of carbonyl (C=O) groups is 1. The number of anilines is 1. The number of nitrogens with zero attached hydrogens (tertiary/aromatic N) is 6. The minimum atomic E-state index is -0.110. The molecule has 4 rings (SSSR count). The molecule has 8 nitrogen and oxygen atoms in total. The summed E-state index contributed by atoms with van der Waals surface area (Å²) in [6.07, 6.45) is 1.77. The van der Waals surface area contributed by atoms with Gasteiger partial charge in [0.2, 0.25) is 5.91 Å². The number of benzene rings is 2. The van der Waals surface area contributed by atoms with Gasteiger partial charge in [-0.3, -0.25) is 9.48 Å². The average Bonchev–Trinajstić information content (AvgIpc) is 3.32. The molecule has 0 saturated heterocycles. The molecule has 0 saturated carbocycles. The van der Waals surface area contributed by atoms with E-state index in [4.69, 9.17) is 0 Å². The zero-order valence-electron chi connectivity index (χ0n) is 15.9. The Morgan fingerprint density at radius 3 is 2.48 bits per heavy atom. The average molecular weight is 452 g/mol. The third kappa shape index (κ3) is 4.09. The van der Waals surface area contributed by atoms with Crippen LogP contribution in [-0.2, 0) is 18.3 Å². The van der Waals surface area contributed by atoms with E-state index in [-0.39, 0.29) is 12.3 Å². The molecule has 0 aliphatic carbocycles. The van der Waals surface area contributed by atoms with Crippen molar-refractivity contribution in [3.8, 4) is 16.8 Å². The monoisotopic (exact) mass is 451 g/mol. The molecule has 0 aliphatic heterocycles. The molecule has 1 amide bonds. The summed E-state index contributed by atoms with van der Waals surface area (Å²) < 4.78 is 4.26. The van der Waals surface area contributed by atoms with Crippen molar-refractivity contribution in [1.29, 1.82) is 0 Å². The van der Waals surface area contributed by atoms with Crippen LogP contribution < -0.4 is 5.32 Å². The molecule has 4 aromatic rings. The highest BCUT2D eigenvalue weighted by Gasteiger charge is 2.17. The van der Waals surface area contributed by atoms with Crippen LogP contribution in [-0.4, -0.2) is 35.9 Å². The Labute approximate surface area is 175 Å². The molecule has 2 aromatic heterocycles. The fourth-order valence-corrected chi connectivity index (χ4v) is 3.44. The van der Waals surface area contributed by atoms with Gasteiger partial charge in [0.1, 0.15) is 12.1 Å². The number of hydrogen-bond acceptors (Lipinski definition) is 5. The molecule has 2 heterocycles. The smallest absolute Gasteiger partial charge is 0.229 e. The Morgan fingerprint density at radius 2 is 1.83 bits per heavy atom. The quantitative estimate of drug-likeness (QED) is 0.502. The van der Waals surface area contributed by atoms with Gasteiger partial charge in [-0.1, -0.05) is 40.2 Å². The number of tetrazole rings is 1. The first kappa shape index (κ1) is 19.0. The molecule has 0 radical (unpaired) electrons. The molecular weight excluding hydrogens is 434 g/mol. The number of amides is 1. The second-order valence-electron chi connectivity index (χ2n) is 6.59. The molecule has 9 heteroatoms. The standard InChI is InChI=1S/C20H18BrN7O/c1-13-19(15-5-7-16(21)8-6-15)20(27(2)24-13)23-18(29)11-14-3-9-17(10-4-14)28-12-22-25-26-28/h3-10,12H,11H2,1-2H3,(H,23,29). The van der Waals surface area contributed by atoms with Gasteiger partial charge in [-0.25, -0.2) is 4.68 Å². The predicted molar refractivity (Wildman–Crippen MR) is 113 cm³/mol. The Kier molecular flexibility index (Phi) is 5.22. The molecule has 0 aliphatic rings. The Balaban J connectivity index is 1.52. The van der Waals surface area contributed by atoms with Gasteiger partial charge < -0.3 is 5.32 Å². The van der Waals surface area contributed by atoms with Gasteiger partial charge in [-0.2, -0.15) is 5.10 Å². The molecule has 146 valence electrons. The van der Waals surface area contributed by atoms with Crippen LogP contribution in [0.2, 0.25) is 0 Å². The molecule has 0 spiro atoms. The van der Waals surface area contributed by atoms with Crippen molar-refractivity contribution in [2.45, 2.75) is 13.3 Å². The molecule has 2 aromatic carbocycles. The van der Waals surface area contributed by atoms with Crippen LogP contribution in [0.15, 0.2) is 59.3 Å². The lowest BCUT2D eigenvalue weighted by atomic mass is 10.1. The number of rotatable bonds is 5. The molecule has 0 unspecified atom stereocenters. The van der Waals surface area contributed by atoms with Crippen LogP contribution in [0.4, 0.5) is 5.82 Å². The number of hydrogen-bond donors (Lipinski definition) is 1. The third-order valence-corrected chi connectivity index (χ3v) is 5.06. The van der Waals surface area contributed by atoms with E-state index in [1.165, 1.54) is 6.33 Å². The van der Waals surface area contributed by atoms with Crippen molar-refractivity contribution in [2.24, 2.45) is 7.05 Å². The highest BCUT2D eigenvalue weighted by atomic mass is 79.9. The molecule has 0 atom stereocenters. The minimum absolute atomic E-state index is 0.110. The van der Waals surface area contributed by atoms with Gasteiger partial charge in [-0.05, 0) is 52.7 Å². The van der Waals surface area contributed by atoms with Crippen molar-refractivity contribution in [3.63, 3.8) is 0 Å². The van der Waals surface area contributed by atoms with Crippen molar-refractivity contribution in [3.05, 3.63) is 70.6 Å². The van der Waals surface area contributed by atoms with Crippen LogP contribution >= 0.6 is 15.9 Å². The fraction of sp³-hybridized carbons (Fsp3) is 0.150. The molecule has 0 bridgehead atoms. The van der Waals surface area contributed by atoms with E-state index < -0.39 is 0 Å². The van der Waals surface area contributed by atoms with Crippen molar-refractivity contribution in [2.75, 3.05) is 5.32 Å². The number of aromatic nitrogens is 6. The molecular formula is C20H18BrN7O. The Morgan fingerprint density at radius 1 is 1.10 bits per heavy atom. The number of halogens is 1. The van der Waals surface area contributed by atoms with Crippen molar-refractivity contribution >= 4 is 27.7 Å². The summed E-state index contributed by atoms with van der Waals surface area (Å²) in [5.41, 5.74) is 4.50. The molecule has 1 N–H and O–H groups in total. The maximum atomic E-state index is 12.7. The summed E-state index contributed by atoms with van der Waals surface area (Å²) in [6.45, 7) is 1.94. The summed E-state index contributed by atoms with van der Waals surface area (Å²) in [5.74, 6) is 0.571. The first-order valence-corrected chi connectivity index (χ1v) is 9.72. The lowest BCUT2D eigenvalue weighted by Crippen LogP contribution is -2.17. The third-order valence-electron chi connectivity index (χ3n) is 4.53. The van der Waals surface area contributed by atoms with E-state index in [0.717, 1.165) is 32.5 Å². The lowest BCUT2D eigenvalue weighted by Gasteiger charge is -2.10. The number of carbonyl (C=O) groups excluding carboxylic acids is 1. The second kappa shape index (κ2) is 7.96. The van der Waals surface area contributed by atoms with E-state index in [9.17, 15) is 4.79 Å². The summed E-state index contributed by atoms with van der Waals surface area (Å²) >= 11 is 3.45. The van der Waals surface area contributed by atoms with Gasteiger partial charge in [-0.15, -0.1) is 5.10 Å². The van der Waals surface area contributed by atoms with E-state index in [1.807, 2.05) is 62.5 Å². The normalized spacial score (nSPS) is 10.9. The van der Waals surface area contributed by atoms with Crippen LogP contribution in [0.5, 0.6) is 0 Å². The number of nitrogens with one attached hydrogen (secondary N) is 1. The Hall–Kier alpha value is -3.33. The van der Waals surface area contributed by atoms with E-state index in [1.54, 1.807) is 9.36 Å². The topological polar surface area (TPSA) is 90.5 Å². The first-order valence-electron chi connectivity index (χ1n) is 8.93. The maximum Gasteiger partial charge on any atom is 0.229 e. The zero-order valence-corrected chi connectivity index (χ0v) is 17.5. The van der Waals surface area contributed by atoms with E-state index >= 15 is 0 Å². The van der Waals surface area contributed by atoms with Crippen LogP contribution in [0.25, 0.3) is 16.8 Å². The highest BCUT2D eigenvalue weighted by molar-refractivity contribution is 9.10. The van der Waals surface area contributed by atoms with Gasteiger partial charge >= 0.3 is 0 Å². The lowest BCUT2D eigenvalue weighted by molar-refractivity contribution is -0.115. The first-order chi connectivity index (χ1) is 14.0. The zero-order chi connectivity index (χ0) is 20.4. The predicted octanol–water partition coefficient (Wildman–Crippen LogP) is 3.31. The van der Waals surface area contributed by atoms with Gasteiger partial charge in [0.15, 0.2) is 0 Å². The highest BCUT2D eigenvalue weighted by Crippen LogP contribution is 2.32. The minimum Gasteiger partial charge on any atom is -0.310 e. The Bertz CT molecular complexity index is 1130. The maximum absolute atomic E-state index is 12.7. The summed E-state index contributed by atoms with van der Waals surface area (Å²) in [7, 11) is 1.83.